The van der Waals surface area contributed by atoms with Crippen molar-refractivity contribution < 1.29 is 14.0 Å². The molecule has 2 aromatic carbocycles. The zero-order valence-electron chi connectivity index (χ0n) is 18.9. The van der Waals surface area contributed by atoms with E-state index in [-0.39, 0.29) is 42.1 Å². The first kappa shape index (κ1) is 22.5. The van der Waals surface area contributed by atoms with Crippen molar-refractivity contribution in [2.75, 3.05) is 19.6 Å². The number of amides is 2. The molecule has 0 saturated heterocycles. The zero-order chi connectivity index (χ0) is 23.7. The van der Waals surface area contributed by atoms with Crippen LogP contribution in [-0.2, 0) is 16.0 Å². The molecule has 0 N–H and O–H groups in total. The number of benzene rings is 2. The maximum Gasteiger partial charge on any atom is 0.243 e. The van der Waals surface area contributed by atoms with E-state index in [0.717, 1.165) is 24.0 Å². The van der Waals surface area contributed by atoms with Gasteiger partial charge in [0, 0.05) is 23.9 Å². The van der Waals surface area contributed by atoms with E-state index in [1.54, 1.807) is 34.4 Å². The van der Waals surface area contributed by atoms with Gasteiger partial charge >= 0.3 is 0 Å². The SMILES string of the molecule is C=CCN(CC(=O)N1CCc2sccc2C1c1ccc(F)cc1)C(=O)C1CC1c1ccccc1. The van der Waals surface area contributed by atoms with Crippen LogP contribution < -0.4 is 0 Å². The summed E-state index contributed by atoms with van der Waals surface area (Å²) < 4.78 is 13.6. The second-order valence-corrected chi connectivity index (χ2v) is 9.96. The number of carbonyl (C=O) groups excluding carboxylic acids is 2. The molecular weight excluding hydrogens is 447 g/mol. The Morgan fingerprint density at radius 1 is 1.09 bits per heavy atom. The van der Waals surface area contributed by atoms with Crippen molar-refractivity contribution in [1.29, 1.82) is 0 Å². The fourth-order valence-corrected chi connectivity index (χ4v) is 5.91. The minimum atomic E-state index is -0.303. The first-order valence-electron chi connectivity index (χ1n) is 11.6. The minimum Gasteiger partial charge on any atom is -0.330 e. The lowest BCUT2D eigenvalue weighted by molar-refractivity contribution is -0.142. The van der Waals surface area contributed by atoms with Crippen LogP contribution in [-0.4, -0.2) is 41.2 Å². The third-order valence-electron chi connectivity index (χ3n) is 6.79. The van der Waals surface area contributed by atoms with Crippen molar-refractivity contribution in [3.8, 4) is 0 Å². The topological polar surface area (TPSA) is 40.6 Å². The minimum absolute atomic E-state index is 0.00803. The van der Waals surface area contributed by atoms with Crippen LogP contribution in [0.1, 0.15) is 39.9 Å². The van der Waals surface area contributed by atoms with Crippen LogP contribution in [0.3, 0.4) is 0 Å². The number of halogens is 1. The lowest BCUT2D eigenvalue weighted by atomic mass is 9.93. The quantitative estimate of drug-likeness (QED) is 0.443. The molecule has 0 radical (unpaired) electrons. The van der Waals surface area contributed by atoms with Gasteiger partial charge in [0.15, 0.2) is 0 Å². The van der Waals surface area contributed by atoms with Crippen LogP contribution >= 0.6 is 11.3 Å². The van der Waals surface area contributed by atoms with Crippen molar-refractivity contribution in [2.45, 2.75) is 24.8 Å². The molecule has 1 aromatic heterocycles. The van der Waals surface area contributed by atoms with Gasteiger partial charge < -0.3 is 9.80 Å². The molecule has 1 saturated carbocycles. The van der Waals surface area contributed by atoms with Crippen molar-refractivity contribution in [2.24, 2.45) is 5.92 Å². The van der Waals surface area contributed by atoms with Crippen molar-refractivity contribution in [1.82, 2.24) is 9.80 Å². The molecule has 2 aliphatic rings. The molecule has 174 valence electrons. The summed E-state index contributed by atoms with van der Waals surface area (Å²) in [5, 5.41) is 2.04. The van der Waals surface area contributed by atoms with Gasteiger partial charge in [-0.25, -0.2) is 4.39 Å². The van der Waals surface area contributed by atoms with Crippen molar-refractivity contribution in [3.63, 3.8) is 0 Å². The highest BCUT2D eigenvalue weighted by Crippen LogP contribution is 2.48. The maximum atomic E-state index is 13.6. The van der Waals surface area contributed by atoms with E-state index < -0.39 is 0 Å². The molecule has 2 heterocycles. The third kappa shape index (κ3) is 4.42. The van der Waals surface area contributed by atoms with E-state index in [1.807, 2.05) is 28.5 Å². The number of hydrogen-bond donors (Lipinski definition) is 0. The lowest BCUT2D eigenvalue weighted by Gasteiger charge is -2.37. The Hall–Kier alpha value is -3.25. The van der Waals surface area contributed by atoms with Gasteiger partial charge in [-0.3, -0.25) is 9.59 Å². The first-order chi connectivity index (χ1) is 16.6. The summed E-state index contributed by atoms with van der Waals surface area (Å²) in [6.45, 7) is 4.72. The second kappa shape index (κ2) is 9.55. The van der Waals surface area contributed by atoms with Gasteiger partial charge in [-0.05, 0) is 59.0 Å². The van der Waals surface area contributed by atoms with E-state index in [0.29, 0.717) is 13.1 Å². The Labute approximate surface area is 203 Å². The largest absolute Gasteiger partial charge is 0.330 e. The number of thiophene rings is 1. The molecule has 5 rings (SSSR count). The van der Waals surface area contributed by atoms with Crippen LogP contribution in [0.4, 0.5) is 4.39 Å². The molecular formula is C28H27FN2O2S. The van der Waals surface area contributed by atoms with Crippen LogP contribution in [0, 0.1) is 11.7 Å². The predicted molar refractivity (Wildman–Crippen MR) is 132 cm³/mol. The fourth-order valence-electron chi connectivity index (χ4n) is 5.00. The predicted octanol–water partition coefficient (Wildman–Crippen LogP) is 5.18. The normalized spacial score (nSPS) is 21.0. The van der Waals surface area contributed by atoms with Crippen LogP contribution in [0.15, 0.2) is 78.7 Å². The average molecular weight is 475 g/mol. The molecule has 3 atom stereocenters. The number of carbonyl (C=O) groups is 2. The smallest absolute Gasteiger partial charge is 0.243 e. The summed E-state index contributed by atoms with van der Waals surface area (Å²) in [4.78, 5) is 31.6. The monoisotopic (exact) mass is 474 g/mol. The number of nitrogens with zero attached hydrogens (tertiary/aromatic N) is 2. The van der Waals surface area contributed by atoms with Gasteiger partial charge in [-0.15, -0.1) is 17.9 Å². The summed E-state index contributed by atoms with van der Waals surface area (Å²) in [5.41, 5.74) is 3.13. The molecule has 4 nitrogen and oxygen atoms in total. The van der Waals surface area contributed by atoms with Crippen LogP contribution in [0.25, 0.3) is 0 Å². The van der Waals surface area contributed by atoms with E-state index in [1.165, 1.54) is 22.6 Å². The highest BCUT2D eigenvalue weighted by Gasteiger charge is 2.46. The van der Waals surface area contributed by atoms with Crippen LogP contribution in [0.5, 0.6) is 0 Å². The summed E-state index contributed by atoms with van der Waals surface area (Å²) >= 11 is 1.69. The van der Waals surface area contributed by atoms with Gasteiger partial charge in [0.25, 0.3) is 0 Å². The van der Waals surface area contributed by atoms with Gasteiger partial charge in [0.2, 0.25) is 11.8 Å². The van der Waals surface area contributed by atoms with E-state index in [2.05, 4.69) is 24.8 Å². The number of rotatable bonds is 7. The summed E-state index contributed by atoms with van der Waals surface area (Å²) in [6, 6.07) is 18.2. The van der Waals surface area contributed by atoms with Crippen molar-refractivity contribution in [3.05, 3.63) is 106 Å². The Kier molecular flexibility index (Phi) is 6.33. The third-order valence-corrected chi connectivity index (χ3v) is 7.79. The summed E-state index contributed by atoms with van der Waals surface area (Å²) in [7, 11) is 0. The standard InChI is InChI=1S/C28H27FN2O2S/c1-2-14-30(28(33)24-17-23(24)19-6-4-3-5-7-19)18-26(32)31-15-12-25-22(13-16-34-25)27(31)20-8-10-21(29)11-9-20/h2-11,13,16,23-24,27H,1,12,14-15,17-18H2. The second-order valence-electron chi connectivity index (χ2n) is 8.96. The van der Waals surface area contributed by atoms with E-state index in [9.17, 15) is 14.0 Å². The Bertz CT molecular complexity index is 1190. The van der Waals surface area contributed by atoms with Crippen molar-refractivity contribution >= 4 is 23.2 Å². The lowest BCUT2D eigenvalue weighted by Crippen LogP contribution is -2.47. The molecule has 0 bridgehead atoms. The van der Waals surface area contributed by atoms with Crippen LogP contribution in [0.2, 0.25) is 0 Å². The molecule has 0 spiro atoms. The average Bonchev–Trinajstić information content (AvgIpc) is 3.52. The molecule has 3 unspecified atom stereocenters. The van der Waals surface area contributed by atoms with E-state index in [4.69, 9.17) is 0 Å². The molecule has 34 heavy (non-hydrogen) atoms. The Balaban J connectivity index is 1.35. The van der Waals surface area contributed by atoms with Gasteiger partial charge in [-0.2, -0.15) is 0 Å². The zero-order valence-corrected chi connectivity index (χ0v) is 19.7. The molecule has 1 fully saturated rings. The number of fused-ring (bicyclic) bond motifs is 1. The maximum absolute atomic E-state index is 13.6. The molecule has 1 aliphatic carbocycles. The summed E-state index contributed by atoms with van der Waals surface area (Å²) in [6.07, 6.45) is 3.27. The fraction of sp³-hybridized carbons (Fsp3) is 0.286. The molecule has 6 heteroatoms. The summed E-state index contributed by atoms with van der Waals surface area (Å²) in [5.74, 6) is -0.269. The molecule has 2 amide bonds. The highest BCUT2D eigenvalue weighted by atomic mass is 32.1. The Morgan fingerprint density at radius 3 is 2.59 bits per heavy atom. The number of hydrogen-bond acceptors (Lipinski definition) is 3. The van der Waals surface area contributed by atoms with Gasteiger partial charge in [0.1, 0.15) is 12.4 Å². The molecule has 3 aromatic rings. The Morgan fingerprint density at radius 2 is 1.85 bits per heavy atom. The van der Waals surface area contributed by atoms with Gasteiger partial charge in [-0.1, -0.05) is 48.5 Å². The van der Waals surface area contributed by atoms with Gasteiger partial charge in [0.05, 0.1) is 6.04 Å². The molecule has 1 aliphatic heterocycles. The highest BCUT2D eigenvalue weighted by molar-refractivity contribution is 7.10. The first-order valence-corrected chi connectivity index (χ1v) is 12.5. The van der Waals surface area contributed by atoms with E-state index >= 15 is 0 Å².